The number of nitrogens with one attached hydrogen (secondary N) is 1. The Bertz CT molecular complexity index is 762. The second kappa shape index (κ2) is 7.63. The summed E-state index contributed by atoms with van der Waals surface area (Å²) in [5, 5.41) is 6.88. The maximum absolute atomic E-state index is 6.00. The number of furan rings is 1. The molecule has 6 heteroatoms. The van der Waals surface area contributed by atoms with Gasteiger partial charge in [0.15, 0.2) is 5.76 Å². The molecule has 0 aliphatic carbocycles. The Labute approximate surface area is 146 Å². The average molecular weight is 338 g/mol. The quantitative estimate of drug-likeness (QED) is 0.747. The molecule has 6 nitrogen and oxygen atoms in total. The number of H-pyrrole nitrogens is 1. The molecule has 3 aromatic rings. The van der Waals surface area contributed by atoms with Crippen LogP contribution in [0.1, 0.15) is 24.3 Å². The molecule has 0 unspecified atom stereocenters. The minimum absolute atomic E-state index is 0.315. The molecule has 1 fully saturated rings. The average Bonchev–Trinajstić information content (AvgIpc) is 3.34. The zero-order chi connectivity index (χ0) is 16.9. The Morgan fingerprint density at radius 2 is 2.04 bits per heavy atom. The monoisotopic (exact) mass is 338 g/mol. The van der Waals surface area contributed by atoms with E-state index < -0.39 is 0 Å². The van der Waals surface area contributed by atoms with Gasteiger partial charge in [-0.05, 0) is 43.2 Å². The molecule has 0 saturated carbocycles. The molecule has 0 atom stereocenters. The van der Waals surface area contributed by atoms with E-state index in [1.165, 1.54) is 0 Å². The molecule has 4 heterocycles. The maximum Gasteiger partial charge on any atom is 0.152 e. The second-order valence-electron chi connectivity index (χ2n) is 6.34. The largest absolute Gasteiger partial charge is 0.458 e. The van der Waals surface area contributed by atoms with E-state index in [1.54, 1.807) is 6.20 Å². The molecule has 0 aromatic carbocycles. The van der Waals surface area contributed by atoms with E-state index in [1.807, 2.05) is 42.6 Å². The number of likely N-dealkylation sites (tertiary alicyclic amines) is 1. The Morgan fingerprint density at radius 1 is 1.12 bits per heavy atom. The number of aromatic amines is 1. The number of piperidine rings is 1. The number of hydrogen-bond acceptors (Lipinski definition) is 5. The Hall–Kier alpha value is -2.44. The van der Waals surface area contributed by atoms with E-state index in [9.17, 15) is 0 Å². The van der Waals surface area contributed by atoms with Crippen LogP contribution in [0.2, 0.25) is 0 Å². The molecule has 3 aromatic heterocycles. The number of aromatic nitrogens is 3. The lowest BCUT2D eigenvalue weighted by atomic mass is 10.1. The summed E-state index contributed by atoms with van der Waals surface area (Å²) in [6, 6.07) is 11.9. The van der Waals surface area contributed by atoms with Gasteiger partial charge in [-0.2, -0.15) is 5.10 Å². The molecule has 1 aliphatic rings. The highest BCUT2D eigenvalue weighted by molar-refractivity contribution is 5.51. The smallest absolute Gasteiger partial charge is 0.152 e. The van der Waals surface area contributed by atoms with Crippen LogP contribution in [0.5, 0.6) is 0 Å². The molecular weight excluding hydrogens is 316 g/mol. The molecular formula is C19H22N4O2. The number of pyridine rings is 1. The van der Waals surface area contributed by atoms with Crippen LogP contribution in [-0.2, 0) is 17.9 Å². The van der Waals surface area contributed by atoms with E-state index in [0.29, 0.717) is 12.7 Å². The van der Waals surface area contributed by atoms with Crippen molar-refractivity contribution in [2.24, 2.45) is 0 Å². The van der Waals surface area contributed by atoms with Crippen molar-refractivity contribution in [1.82, 2.24) is 20.1 Å². The second-order valence-corrected chi connectivity index (χ2v) is 6.34. The van der Waals surface area contributed by atoms with Crippen molar-refractivity contribution < 1.29 is 9.15 Å². The van der Waals surface area contributed by atoms with Gasteiger partial charge < -0.3 is 9.15 Å². The SMILES string of the molecule is c1ccc(COC2CCN(Cc3ccc(-c4ccn[nH]4)o3)CC2)nc1. The van der Waals surface area contributed by atoms with E-state index in [4.69, 9.17) is 9.15 Å². The molecule has 0 radical (unpaired) electrons. The normalized spacial score (nSPS) is 16.3. The van der Waals surface area contributed by atoms with Crippen LogP contribution in [0.25, 0.3) is 11.5 Å². The third-order valence-corrected chi connectivity index (χ3v) is 4.53. The molecule has 1 saturated heterocycles. The number of ether oxygens (including phenoxy) is 1. The van der Waals surface area contributed by atoms with E-state index >= 15 is 0 Å². The van der Waals surface area contributed by atoms with Crippen LogP contribution in [0.3, 0.4) is 0 Å². The fourth-order valence-corrected chi connectivity index (χ4v) is 3.14. The van der Waals surface area contributed by atoms with Crippen LogP contribution in [0.4, 0.5) is 0 Å². The van der Waals surface area contributed by atoms with Crippen molar-refractivity contribution in [2.45, 2.75) is 32.1 Å². The van der Waals surface area contributed by atoms with Crippen LogP contribution >= 0.6 is 0 Å². The lowest BCUT2D eigenvalue weighted by molar-refractivity contribution is -0.00622. The van der Waals surface area contributed by atoms with Gasteiger partial charge in [-0.15, -0.1) is 0 Å². The van der Waals surface area contributed by atoms with Gasteiger partial charge in [0.25, 0.3) is 0 Å². The Kier molecular flexibility index (Phi) is 4.90. The summed E-state index contributed by atoms with van der Waals surface area (Å²) < 4.78 is 11.9. The van der Waals surface area contributed by atoms with Crippen molar-refractivity contribution in [3.63, 3.8) is 0 Å². The highest BCUT2D eigenvalue weighted by Gasteiger charge is 2.21. The first kappa shape index (κ1) is 16.1. The molecule has 1 N–H and O–H groups in total. The summed E-state index contributed by atoms with van der Waals surface area (Å²) in [6.45, 7) is 3.47. The topological polar surface area (TPSA) is 67.2 Å². The molecule has 130 valence electrons. The van der Waals surface area contributed by atoms with Crippen molar-refractivity contribution in [3.8, 4) is 11.5 Å². The molecule has 0 bridgehead atoms. The first-order valence-electron chi connectivity index (χ1n) is 8.69. The predicted octanol–water partition coefficient (Wildman–Crippen LogP) is 3.25. The van der Waals surface area contributed by atoms with Crippen molar-refractivity contribution in [3.05, 3.63) is 60.2 Å². The van der Waals surface area contributed by atoms with Gasteiger partial charge in [-0.1, -0.05) is 6.07 Å². The maximum atomic E-state index is 6.00. The molecule has 4 rings (SSSR count). The summed E-state index contributed by atoms with van der Waals surface area (Å²) in [7, 11) is 0. The zero-order valence-electron chi connectivity index (χ0n) is 14.1. The summed E-state index contributed by atoms with van der Waals surface area (Å²) in [5.74, 6) is 1.82. The number of rotatable bonds is 6. The van der Waals surface area contributed by atoms with Gasteiger partial charge in [-0.25, -0.2) is 0 Å². The standard InChI is InChI=1S/C19H22N4O2/c1-2-9-20-15(3-1)14-24-16-7-11-23(12-8-16)13-17-4-5-19(25-17)18-6-10-21-22-18/h1-6,9-10,16H,7-8,11-14H2,(H,21,22). The summed E-state index contributed by atoms with van der Waals surface area (Å²) in [5.41, 5.74) is 1.90. The third kappa shape index (κ3) is 4.15. The first-order valence-corrected chi connectivity index (χ1v) is 8.69. The lowest BCUT2D eigenvalue weighted by Gasteiger charge is -2.31. The fraction of sp³-hybridized carbons (Fsp3) is 0.368. The molecule has 25 heavy (non-hydrogen) atoms. The van der Waals surface area contributed by atoms with Gasteiger partial charge >= 0.3 is 0 Å². The van der Waals surface area contributed by atoms with Crippen LogP contribution < -0.4 is 0 Å². The highest BCUT2D eigenvalue weighted by atomic mass is 16.5. The zero-order valence-corrected chi connectivity index (χ0v) is 14.1. The van der Waals surface area contributed by atoms with Gasteiger partial charge in [0.05, 0.1) is 24.9 Å². The number of hydrogen-bond donors (Lipinski definition) is 1. The minimum atomic E-state index is 0.315. The first-order chi connectivity index (χ1) is 12.4. The van der Waals surface area contributed by atoms with Crippen molar-refractivity contribution in [2.75, 3.05) is 13.1 Å². The Morgan fingerprint density at radius 3 is 2.80 bits per heavy atom. The third-order valence-electron chi connectivity index (χ3n) is 4.53. The summed E-state index contributed by atoms with van der Waals surface area (Å²) in [4.78, 5) is 6.72. The highest BCUT2D eigenvalue weighted by Crippen LogP contribution is 2.22. The van der Waals surface area contributed by atoms with Crippen molar-refractivity contribution >= 4 is 0 Å². The van der Waals surface area contributed by atoms with Crippen molar-refractivity contribution in [1.29, 1.82) is 0 Å². The van der Waals surface area contributed by atoms with Gasteiger partial charge in [0.2, 0.25) is 0 Å². The van der Waals surface area contributed by atoms with Crippen LogP contribution in [0.15, 0.2) is 53.2 Å². The lowest BCUT2D eigenvalue weighted by Crippen LogP contribution is -2.36. The fourth-order valence-electron chi connectivity index (χ4n) is 3.14. The van der Waals surface area contributed by atoms with Gasteiger partial charge in [0.1, 0.15) is 11.5 Å². The van der Waals surface area contributed by atoms with E-state index in [-0.39, 0.29) is 0 Å². The van der Waals surface area contributed by atoms with Crippen LogP contribution in [0, 0.1) is 0 Å². The molecule has 0 amide bonds. The van der Waals surface area contributed by atoms with E-state index in [2.05, 4.69) is 20.1 Å². The van der Waals surface area contributed by atoms with Gasteiger partial charge in [-0.3, -0.25) is 15.0 Å². The predicted molar refractivity (Wildman–Crippen MR) is 93.6 cm³/mol. The Balaban J connectivity index is 1.24. The van der Waals surface area contributed by atoms with E-state index in [0.717, 1.165) is 55.4 Å². The summed E-state index contributed by atoms with van der Waals surface area (Å²) >= 11 is 0. The minimum Gasteiger partial charge on any atom is -0.458 e. The van der Waals surface area contributed by atoms with Crippen LogP contribution in [-0.4, -0.2) is 39.3 Å². The number of nitrogens with zero attached hydrogens (tertiary/aromatic N) is 3. The summed E-state index contributed by atoms with van der Waals surface area (Å²) in [6.07, 6.45) is 5.94. The van der Waals surface area contributed by atoms with Gasteiger partial charge in [0, 0.05) is 25.5 Å². The molecule has 0 spiro atoms. The molecule has 1 aliphatic heterocycles.